The molecule has 1 N–H and O–H groups in total. The Kier molecular flexibility index (Phi) is 6.39. The predicted octanol–water partition coefficient (Wildman–Crippen LogP) is 2.49. The summed E-state index contributed by atoms with van der Waals surface area (Å²) in [6.07, 6.45) is 2.62. The first kappa shape index (κ1) is 26.4. The van der Waals surface area contributed by atoms with Gasteiger partial charge in [-0.25, -0.2) is 0 Å². The van der Waals surface area contributed by atoms with Gasteiger partial charge in [-0.3, -0.25) is 29.0 Å². The van der Waals surface area contributed by atoms with E-state index in [9.17, 15) is 24.3 Å². The van der Waals surface area contributed by atoms with Gasteiger partial charge in [0.15, 0.2) is 5.60 Å². The van der Waals surface area contributed by atoms with Crippen LogP contribution >= 0.6 is 0 Å². The van der Waals surface area contributed by atoms with Crippen molar-refractivity contribution in [3.05, 3.63) is 70.8 Å². The van der Waals surface area contributed by atoms with Crippen LogP contribution in [0.1, 0.15) is 58.5 Å². The number of anilines is 1. The summed E-state index contributed by atoms with van der Waals surface area (Å²) >= 11 is 0. The van der Waals surface area contributed by atoms with Crippen molar-refractivity contribution in [2.75, 3.05) is 44.7 Å². The van der Waals surface area contributed by atoms with Crippen molar-refractivity contribution in [3.63, 3.8) is 0 Å². The molecule has 0 fully saturated rings. The van der Waals surface area contributed by atoms with Crippen molar-refractivity contribution < 1.29 is 24.3 Å². The Morgan fingerprint density at radius 2 is 1.57 bits per heavy atom. The number of likely N-dealkylation sites (N-methyl/N-ethyl adjacent to an activating group) is 1. The summed E-state index contributed by atoms with van der Waals surface area (Å²) in [7, 11) is 1.94. The van der Waals surface area contributed by atoms with Crippen LogP contribution in [0.2, 0.25) is 0 Å². The van der Waals surface area contributed by atoms with Crippen LogP contribution in [0.3, 0.4) is 0 Å². The van der Waals surface area contributed by atoms with Crippen LogP contribution in [-0.2, 0) is 15.2 Å². The second-order valence-electron chi connectivity index (χ2n) is 11.1. The van der Waals surface area contributed by atoms with E-state index in [0.717, 1.165) is 11.1 Å². The first-order valence-electron chi connectivity index (χ1n) is 14.0. The van der Waals surface area contributed by atoms with Crippen molar-refractivity contribution in [2.24, 2.45) is 5.92 Å². The second-order valence-corrected chi connectivity index (χ2v) is 11.1. The van der Waals surface area contributed by atoms with Gasteiger partial charge in [0.2, 0.25) is 5.91 Å². The fourth-order valence-electron chi connectivity index (χ4n) is 6.91. The maximum absolute atomic E-state index is 13.8. The van der Waals surface area contributed by atoms with Crippen molar-refractivity contribution in [1.29, 1.82) is 0 Å². The number of carbonyl (C=O) groups is 4. The minimum atomic E-state index is -1.67. The van der Waals surface area contributed by atoms with Crippen LogP contribution in [0, 0.1) is 5.92 Å². The van der Waals surface area contributed by atoms with Gasteiger partial charge in [0, 0.05) is 50.7 Å². The Hall–Kier alpha value is -3.82. The van der Waals surface area contributed by atoms with Crippen molar-refractivity contribution in [3.8, 4) is 0 Å². The molecule has 9 nitrogen and oxygen atoms in total. The minimum Gasteiger partial charge on any atom is -0.375 e. The largest absolute Gasteiger partial charge is 0.375 e. The maximum Gasteiger partial charge on any atom is 0.263 e. The molecular formula is C31H34N4O5. The molecule has 9 heteroatoms. The van der Waals surface area contributed by atoms with E-state index in [-0.39, 0.29) is 55.1 Å². The van der Waals surface area contributed by atoms with Crippen LogP contribution < -0.4 is 4.90 Å². The Morgan fingerprint density at radius 1 is 0.950 bits per heavy atom. The molecule has 3 heterocycles. The van der Waals surface area contributed by atoms with E-state index in [1.807, 2.05) is 50.1 Å². The first-order chi connectivity index (χ1) is 19.2. The molecule has 3 atom stereocenters. The molecule has 0 spiro atoms. The number of benzene rings is 2. The normalized spacial score (nSPS) is 25.1. The third-order valence-corrected chi connectivity index (χ3v) is 8.94. The average Bonchev–Trinajstić information content (AvgIpc) is 3.33. The molecule has 40 heavy (non-hydrogen) atoms. The van der Waals surface area contributed by atoms with Crippen molar-refractivity contribution in [2.45, 2.75) is 38.3 Å². The number of aliphatic hydroxyl groups is 1. The lowest BCUT2D eigenvalue weighted by Gasteiger charge is -2.44. The number of nitrogens with zero attached hydrogens (tertiary/aromatic N) is 4. The van der Waals surface area contributed by atoms with E-state index in [0.29, 0.717) is 48.4 Å². The number of rotatable bonds is 7. The van der Waals surface area contributed by atoms with Crippen molar-refractivity contribution >= 4 is 34.9 Å². The molecule has 0 saturated carbocycles. The number of carbonyl (C=O) groups excluding carboxylic acids is 4. The molecule has 1 unspecified atom stereocenters. The highest BCUT2D eigenvalue weighted by Crippen LogP contribution is 2.53. The fraction of sp³-hybridized carbons (Fsp3) is 0.419. The van der Waals surface area contributed by atoms with Crippen LogP contribution in [-0.4, -0.2) is 89.2 Å². The summed E-state index contributed by atoms with van der Waals surface area (Å²) in [4.78, 5) is 59.3. The van der Waals surface area contributed by atoms with E-state index in [2.05, 4.69) is 4.90 Å². The molecule has 3 aliphatic heterocycles. The quantitative estimate of drug-likeness (QED) is 0.540. The molecule has 0 saturated heterocycles. The first-order valence-corrected chi connectivity index (χ1v) is 14.0. The monoisotopic (exact) mass is 542 g/mol. The average molecular weight is 543 g/mol. The lowest BCUT2D eigenvalue weighted by Crippen LogP contribution is -2.52. The summed E-state index contributed by atoms with van der Waals surface area (Å²) in [5.41, 5.74) is 2.14. The Bertz CT molecular complexity index is 1430. The Morgan fingerprint density at radius 3 is 2.23 bits per heavy atom. The molecule has 6 rings (SSSR count). The van der Waals surface area contributed by atoms with E-state index >= 15 is 0 Å². The van der Waals surface area contributed by atoms with Gasteiger partial charge in [-0.15, -0.1) is 0 Å². The van der Waals surface area contributed by atoms with Gasteiger partial charge in [0.25, 0.3) is 17.7 Å². The molecule has 4 amide bonds. The van der Waals surface area contributed by atoms with Crippen LogP contribution in [0.4, 0.5) is 5.69 Å². The Labute approximate surface area is 233 Å². The van der Waals surface area contributed by atoms with Gasteiger partial charge >= 0.3 is 0 Å². The zero-order valence-corrected chi connectivity index (χ0v) is 23.1. The van der Waals surface area contributed by atoms with Gasteiger partial charge in [0.1, 0.15) is 0 Å². The molecule has 0 bridgehead atoms. The smallest absolute Gasteiger partial charge is 0.263 e. The standard InChI is InChI=1S/C31H34N4O5/c1-4-33(5-2)27(36)19-16-23-20-12-8-13-24-26(20)31(40,17-25(23)32(3)18-19)30(39)34(24)14-9-15-35-28(37)21-10-6-7-11-22(21)29(35)38/h6-8,10-13,16,19,25,40H,4-5,9,14-15,17-18H2,1-3H3/t19-,25-,31?/m1/s1. The molecular weight excluding hydrogens is 508 g/mol. The number of imide groups is 1. The summed E-state index contributed by atoms with van der Waals surface area (Å²) < 4.78 is 0. The number of hydrogen-bond acceptors (Lipinski definition) is 6. The SMILES string of the molecule is CCN(CC)C(=O)[C@@H]1C=C2c3cccc4c3C(O)(C[C@H]2N(C)C1)C(=O)N4CCCN1C(=O)c2ccccc2C1=O. The minimum absolute atomic E-state index is 0.0853. The van der Waals surface area contributed by atoms with E-state index < -0.39 is 5.60 Å². The predicted molar refractivity (Wildman–Crippen MR) is 150 cm³/mol. The topological polar surface area (TPSA) is 101 Å². The highest BCUT2D eigenvalue weighted by Gasteiger charge is 2.56. The number of fused-ring (bicyclic) bond motifs is 3. The second kappa shape index (κ2) is 9.67. The fourth-order valence-corrected chi connectivity index (χ4v) is 6.91. The molecule has 1 aliphatic carbocycles. The maximum atomic E-state index is 13.8. The summed E-state index contributed by atoms with van der Waals surface area (Å²) in [6.45, 7) is 6.20. The van der Waals surface area contributed by atoms with Crippen LogP contribution in [0.5, 0.6) is 0 Å². The molecule has 0 radical (unpaired) electrons. The third kappa shape index (κ3) is 3.75. The van der Waals surface area contributed by atoms with Crippen molar-refractivity contribution in [1.82, 2.24) is 14.7 Å². The third-order valence-electron chi connectivity index (χ3n) is 8.94. The van der Waals surface area contributed by atoms with E-state index in [1.165, 1.54) is 4.90 Å². The van der Waals surface area contributed by atoms with E-state index in [1.54, 1.807) is 29.2 Å². The molecule has 0 aromatic heterocycles. The zero-order chi connectivity index (χ0) is 28.3. The van der Waals surface area contributed by atoms with Crippen LogP contribution in [0.25, 0.3) is 5.57 Å². The molecule has 208 valence electrons. The summed E-state index contributed by atoms with van der Waals surface area (Å²) in [5, 5.41) is 11.9. The van der Waals surface area contributed by atoms with E-state index in [4.69, 9.17) is 0 Å². The number of hydrogen-bond donors (Lipinski definition) is 1. The van der Waals surface area contributed by atoms with Crippen LogP contribution in [0.15, 0.2) is 48.5 Å². The number of amides is 4. The summed E-state index contributed by atoms with van der Waals surface area (Å²) in [5.74, 6) is -1.24. The molecule has 2 aromatic carbocycles. The lowest BCUT2D eigenvalue weighted by atomic mass is 9.72. The Balaban J connectivity index is 1.27. The van der Waals surface area contributed by atoms with Gasteiger partial charge in [0.05, 0.1) is 22.7 Å². The lowest BCUT2D eigenvalue weighted by molar-refractivity contribution is -0.139. The zero-order valence-electron chi connectivity index (χ0n) is 23.1. The van der Waals surface area contributed by atoms with Gasteiger partial charge < -0.3 is 14.9 Å². The van der Waals surface area contributed by atoms with Gasteiger partial charge in [-0.2, -0.15) is 0 Å². The highest BCUT2D eigenvalue weighted by molar-refractivity contribution is 6.21. The molecule has 4 aliphatic rings. The molecule has 2 aromatic rings. The highest BCUT2D eigenvalue weighted by atomic mass is 16.3. The van der Waals surface area contributed by atoms with Gasteiger partial charge in [-0.1, -0.05) is 30.3 Å². The van der Waals surface area contributed by atoms with Gasteiger partial charge in [-0.05, 0) is 56.7 Å². The summed E-state index contributed by atoms with van der Waals surface area (Å²) in [6, 6.07) is 12.2.